The number of amides is 1. The van der Waals surface area contributed by atoms with Crippen LogP contribution in [0, 0.1) is 5.82 Å². The van der Waals surface area contributed by atoms with Crippen LogP contribution in [0.4, 0.5) is 4.39 Å². The minimum absolute atomic E-state index is 0.0245. The zero-order valence-electron chi connectivity index (χ0n) is 11.8. The van der Waals surface area contributed by atoms with E-state index in [1.165, 1.54) is 18.6 Å². The largest absolute Gasteiger partial charge is 0.356 e. The summed E-state index contributed by atoms with van der Waals surface area (Å²) in [5.74, 6) is -0.211. The van der Waals surface area contributed by atoms with E-state index in [1.54, 1.807) is 12.1 Å². The number of halogens is 1. The van der Waals surface area contributed by atoms with Gasteiger partial charge in [-0.05, 0) is 37.0 Å². The van der Waals surface area contributed by atoms with Crippen molar-refractivity contribution in [3.05, 3.63) is 35.6 Å². The second kappa shape index (κ2) is 6.84. The van der Waals surface area contributed by atoms with Gasteiger partial charge in [0.1, 0.15) is 5.82 Å². The molecule has 0 unspecified atom stereocenters. The molecule has 3 nitrogen and oxygen atoms in total. The molecule has 1 aromatic carbocycles. The highest BCUT2D eigenvalue weighted by atomic mass is 19.1. The molecule has 4 heteroatoms. The highest BCUT2D eigenvalue weighted by Crippen LogP contribution is 2.28. The first-order chi connectivity index (χ1) is 9.57. The summed E-state index contributed by atoms with van der Waals surface area (Å²) in [5, 5.41) is 2.91. The van der Waals surface area contributed by atoms with Gasteiger partial charge in [0.05, 0.1) is 0 Å². The highest BCUT2D eigenvalue weighted by molar-refractivity contribution is 5.77. The summed E-state index contributed by atoms with van der Waals surface area (Å²) in [6.07, 6.45) is 6.49. The fourth-order valence-electron chi connectivity index (χ4n) is 2.81. The van der Waals surface area contributed by atoms with E-state index in [0.29, 0.717) is 19.4 Å². The molecule has 1 aromatic rings. The van der Waals surface area contributed by atoms with Gasteiger partial charge < -0.3 is 11.1 Å². The normalized spacial score (nSPS) is 17.7. The minimum atomic E-state index is -0.307. The quantitative estimate of drug-likeness (QED) is 0.869. The van der Waals surface area contributed by atoms with Crippen molar-refractivity contribution in [3.8, 4) is 0 Å². The van der Waals surface area contributed by atoms with Crippen molar-refractivity contribution in [2.24, 2.45) is 5.73 Å². The third-order valence-electron chi connectivity index (χ3n) is 4.01. The van der Waals surface area contributed by atoms with Crippen LogP contribution in [0.1, 0.15) is 44.1 Å². The van der Waals surface area contributed by atoms with Crippen LogP contribution in [-0.4, -0.2) is 18.0 Å². The van der Waals surface area contributed by atoms with Crippen molar-refractivity contribution < 1.29 is 9.18 Å². The number of rotatable bonds is 5. The van der Waals surface area contributed by atoms with E-state index in [9.17, 15) is 9.18 Å². The molecule has 1 fully saturated rings. The Balaban J connectivity index is 1.71. The van der Waals surface area contributed by atoms with E-state index in [2.05, 4.69) is 5.32 Å². The monoisotopic (exact) mass is 278 g/mol. The highest BCUT2D eigenvalue weighted by Gasteiger charge is 2.29. The lowest BCUT2D eigenvalue weighted by atomic mass is 9.80. The van der Waals surface area contributed by atoms with E-state index < -0.39 is 0 Å². The van der Waals surface area contributed by atoms with Crippen molar-refractivity contribution in [2.75, 3.05) is 6.54 Å². The summed E-state index contributed by atoms with van der Waals surface area (Å²) in [5.41, 5.74) is 6.97. The summed E-state index contributed by atoms with van der Waals surface area (Å²) < 4.78 is 12.8. The standard InChI is InChI=1S/C16H23FN2O/c17-14-6-4-13(5-7-14)8-11-19-15(20)12-16(18)9-2-1-3-10-16/h4-7H,1-3,8-12,18H2,(H,19,20). The molecule has 0 atom stereocenters. The topological polar surface area (TPSA) is 55.1 Å². The molecule has 110 valence electrons. The van der Waals surface area contributed by atoms with E-state index in [4.69, 9.17) is 5.73 Å². The number of hydrogen-bond donors (Lipinski definition) is 2. The average molecular weight is 278 g/mol. The zero-order chi connectivity index (χ0) is 14.4. The van der Waals surface area contributed by atoms with Crippen LogP contribution in [0.2, 0.25) is 0 Å². The van der Waals surface area contributed by atoms with Crippen LogP contribution < -0.4 is 11.1 Å². The number of carbonyl (C=O) groups excluding carboxylic acids is 1. The minimum Gasteiger partial charge on any atom is -0.356 e. The molecule has 1 aliphatic carbocycles. The molecule has 0 heterocycles. The maximum atomic E-state index is 12.8. The van der Waals surface area contributed by atoms with Crippen molar-refractivity contribution in [1.82, 2.24) is 5.32 Å². The summed E-state index contributed by atoms with van der Waals surface area (Å²) in [7, 11) is 0. The van der Waals surface area contributed by atoms with Gasteiger partial charge in [0.15, 0.2) is 0 Å². The van der Waals surface area contributed by atoms with Gasteiger partial charge in [-0.1, -0.05) is 31.4 Å². The van der Waals surface area contributed by atoms with Crippen molar-refractivity contribution in [1.29, 1.82) is 0 Å². The number of hydrogen-bond acceptors (Lipinski definition) is 2. The first-order valence-corrected chi connectivity index (χ1v) is 7.37. The van der Waals surface area contributed by atoms with Gasteiger partial charge in [-0.15, -0.1) is 0 Å². The van der Waals surface area contributed by atoms with Crippen molar-refractivity contribution >= 4 is 5.91 Å². The molecule has 1 aliphatic rings. The number of carbonyl (C=O) groups is 1. The Hall–Kier alpha value is -1.42. The molecular formula is C16H23FN2O. The Morgan fingerprint density at radius 3 is 2.50 bits per heavy atom. The fraction of sp³-hybridized carbons (Fsp3) is 0.562. The van der Waals surface area contributed by atoms with Crippen LogP contribution >= 0.6 is 0 Å². The molecule has 3 N–H and O–H groups in total. The van der Waals surface area contributed by atoms with Crippen molar-refractivity contribution in [3.63, 3.8) is 0 Å². The molecule has 0 spiro atoms. The lowest BCUT2D eigenvalue weighted by Crippen LogP contribution is -2.46. The number of benzene rings is 1. The maximum Gasteiger partial charge on any atom is 0.221 e. The molecule has 1 saturated carbocycles. The van der Waals surface area contributed by atoms with Gasteiger partial charge in [0, 0.05) is 18.5 Å². The first kappa shape index (κ1) is 15.0. The van der Waals surface area contributed by atoms with Gasteiger partial charge >= 0.3 is 0 Å². The third-order valence-corrected chi connectivity index (χ3v) is 4.01. The van der Waals surface area contributed by atoms with Gasteiger partial charge in [-0.2, -0.15) is 0 Å². The molecule has 0 saturated heterocycles. The lowest BCUT2D eigenvalue weighted by Gasteiger charge is -2.32. The number of nitrogens with one attached hydrogen (secondary N) is 1. The molecule has 2 rings (SSSR count). The van der Waals surface area contributed by atoms with E-state index in [0.717, 1.165) is 31.2 Å². The van der Waals surface area contributed by atoms with Gasteiger partial charge in [0.25, 0.3) is 0 Å². The Labute approximate surface area is 119 Å². The molecule has 0 aromatic heterocycles. The number of nitrogens with two attached hydrogens (primary N) is 1. The van der Waals surface area contributed by atoms with Crippen LogP contribution in [0.25, 0.3) is 0 Å². The first-order valence-electron chi connectivity index (χ1n) is 7.37. The SMILES string of the molecule is NC1(CC(=O)NCCc2ccc(F)cc2)CCCCC1. The summed E-state index contributed by atoms with van der Waals surface area (Å²) in [4.78, 5) is 11.9. The maximum absolute atomic E-state index is 12.8. The van der Waals surface area contributed by atoms with Gasteiger partial charge in [-0.25, -0.2) is 4.39 Å². The Kier molecular flexibility index (Phi) is 5.12. The smallest absolute Gasteiger partial charge is 0.221 e. The molecule has 20 heavy (non-hydrogen) atoms. The molecule has 1 amide bonds. The second-order valence-corrected chi connectivity index (χ2v) is 5.83. The summed E-state index contributed by atoms with van der Waals surface area (Å²) in [6.45, 7) is 0.570. The lowest BCUT2D eigenvalue weighted by molar-refractivity contribution is -0.122. The molecule has 0 bridgehead atoms. The Morgan fingerprint density at radius 1 is 1.20 bits per heavy atom. The summed E-state index contributed by atoms with van der Waals surface area (Å²) in [6, 6.07) is 6.36. The Bertz CT molecular complexity index is 438. The van der Waals surface area contributed by atoms with Crippen LogP contribution in [0.5, 0.6) is 0 Å². The van der Waals surface area contributed by atoms with E-state index in [1.807, 2.05) is 0 Å². The molecule has 0 radical (unpaired) electrons. The van der Waals surface area contributed by atoms with Crippen LogP contribution in [0.15, 0.2) is 24.3 Å². The third kappa shape index (κ3) is 4.60. The molecular weight excluding hydrogens is 255 g/mol. The van der Waals surface area contributed by atoms with Crippen LogP contribution in [0.3, 0.4) is 0 Å². The predicted molar refractivity (Wildman–Crippen MR) is 77.7 cm³/mol. The van der Waals surface area contributed by atoms with E-state index >= 15 is 0 Å². The predicted octanol–water partition coefficient (Wildman–Crippen LogP) is 2.54. The zero-order valence-corrected chi connectivity index (χ0v) is 11.8. The van der Waals surface area contributed by atoms with E-state index in [-0.39, 0.29) is 17.3 Å². The van der Waals surface area contributed by atoms with Crippen LogP contribution in [-0.2, 0) is 11.2 Å². The van der Waals surface area contributed by atoms with Gasteiger partial charge in [-0.3, -0.25) is 4.79 Å². The Morgan fingerprint density at radius 2 is 1.85 bits per heavy atom. The second-order valence-electron chi connectivity index (χ2n) is 5.83. The summed E-state index contributed by atoms with van der Waals surface area (Å²) >= 11 is 0. The fourth-order valence-corrected chi connectivity index (χ4v) is 2.81. The molecule has 0 aliphatic heterocycles. The average Bonchev–Trinajstić information content (AvgIpc) is 2.41. The van der Waals surface area contributed by atoms with Crippen molar-refractivity contribution in [2.45, 2.75) is 50.5 Å². The van der Waals surface area contributed by atoms with Gasteiger partial charge in [0.2, 0.25) is 5.91 Å².